The third kappa shape index (κ3) is 1.12. The molecule has 0 radical (unpaired) electrons. The molecule has 0 bridgehead atoms. The molecular formula is C11H10BrNO. The van der Waals surface area contributed by atoms with E-state index in [1.807, 2.05) is 12.1 Å². The fourth-order valence-corrected chi connectivity index (χ4v) is 2.43. The Labute approximate surface area is 90.8 Å². The predicted molar refractivity (Wildman–Crippen MR) is 58.1 cm³/mol. The Morgan fingerprint density at radius 2 is 2.14 bits per heavy atom. The predicted octanol–water partition coefficient (Wildman–Crippen LogP) is 2.72. The van der Waals surface area contributed by atoms with Crippen LogP contribution in [0, 0.1) is 5.41 Å². The number of anilines is 1. The monoisotopic (exact) mass is 251 g/mol. The molecule has 1 aliphatic carbocycles. The molecule has 2 aliphatic rings. The summed E-state index contributed by atoms with van der Waals surface area (Å²) in [5.41, 5.74) is 2.20. The molecule has 0 atom stereocenters. The van der Waals surface area contributed by atoms with Crippen LogP contribution < -0.4 is 5.32 Å². The first-order chi connectivity index (χ1) is 6.70. The van der Waals surface area contributed by atoms with Crippen molar-refractivity contribution in [2.75, 3.05) is 5.32 Å². The van der Waals surface area contributed by atoms with Crippen molar-refractivity contribution in [3.8, 4) is 0 Å². The summed E-state index contributed by atoms with van der Waals surface area (Å²) in [6.07, 6.45) is 3.02. The van der Waals surface area contributed by atoms with E-state index in [2.05, 4.69) is 27.3 Å². The van der Waals surface area contributed by atoms with Gasteiger partial charge in [-0.15, -0.1) is 0 Å². The number of halogens is 1. The molecule has 1 spiro atoms. The first-order valence-electron chi connectivity index (χ1n) is 4.80. The summed E-state index contributed by atoms with van der Waals surface area (Å²) in [4.78, 5) is 11.7. The lowest BCUT2D eigenvalue weighted by Crippen LogP contribution is -2.31. The molecule has 1 aromatic carbocycles. The van der Waals surface area contributed by atoms with Crippen molar-refractivity contribution in [3.05, 3.63) is 28.2 Å². The fourth-order valence-electron chi connectivity index (χ4n) is 2.07. The van der Waals surface area contributed by atoms with E-state index in [1.165, 1.54) is 5.56 Å². The largest absolute Gasteiger partial charge is 0.325 e. The van der Waals surface area contributed by atoms with Gasteiger partial charge in [0.1, 0.15) is 0 Å². The molecule has 3 rings (SSSR count). The molecule has 1 aliphatic heterocycles. The van der Waals surface area contributed by atoms with Gasteiger partial charge >= 0.3 is 0 Å². The van der Waals surface area contributed by atoms with Crippen molar-refractivity contribution in [2.45, 2.75) is 19.3 Å². The van der Waals surface area contributed by atoms with E-state index in [0.717, 1.165) is 29.4 Å². The lowest BCUT2D eigenvalue weighted by Gasteiger charge is -2.24. The summed E-state index contributed by atoms with van der Waals surface area (Å²) >= 11 is 3.40. The molecule has 1 N–H and O–H groups in total. The van der Waals surface area contributed by atoms with Crippen LogP contribution in [0.2, 0.25) is 0 Å². The van der Waals surface area contributed by atoms with Crippen molar-refractivity contribution >= 4 is 27.5 Å². The number of benzene rings is 1. The standard InChI is InChI=1S/C11H10BrNO/c12-8-2-1-7-6-11(3-4-11)10(14)13-9(7)5-8/h1-2,5H,3-4,6H2,(H,13,14). The van der Waals surface area contributed by atoms with Crippen LogP contribution in [0.1, 0.15) is 18.4 Å². The van der Waals surface area contributed by atoms with Gasteiger partial charge in [0, 0.05) is 10.2 Å². The average Bonchev–Trinajstić information content (AvgIpc) is 2.89. The van der Waals surface area contributed by atoms with Crippen LogP contribution in [0.15, 0.2) is 22.7 Å². The first-order valence-corrected chi connectivity index (χ1v) is 5.59. The van der Waals surface area contributed by atoms with E-state index in [4.69, 9.17) is 0 Å². The van der Waals surface area contributed by atoms with Crippen molar-refractivity contribution in [1.82, 2.24) is 0 Å². The summed E-state index contributed by atoms with van der Waals surface area (Å²) in [5, 5.41) is 2.98. The number of hydrogen-bond donors (Lipinski definition) is 1. The molecule has 14 heavy (non-hydrogen) atoms. The third-order valence-corrected chi connectivity index (χ3v) is 3.68. The molecule has 0 unspecified atom stereocenters. The Morgan fingerprint density at radius 3 is 2.86 bits per heavy atom. The number of nitrogens with one attached hydrogen (secondary N) is 1. The zero-order chi connectivity index (χ0) is 9.76. The molecule has 0 aromatic heterocycles. The summed E-state index contributed by atoms with van der Waals surface area (Å²) in [5.74, 6) is 0.211. The van der Waals surface area contributed by atoms with Gasteiger partial charge in [-0.25, -0.2) is 0 Å². The first kappa shape index (κ1) is 8.48. The lowest BCUT2D eigenvalue weighted by molar-refractivity contribution is -0.121. The van der Waals surface area contributed by atoms with Crippen molar-refractivity contribution < 1.29 is 4.79 Å². The van der Waals surface area contributed by atoms with Crippen LogP contribution in [0.3, 0.4) is 0 Å². The van der Waals surface area contributed by atoms with E-state index in [-0.39, 0.29) is 11.3 Å². The van der Waals surface area contributed by atoms with Gasteiger partial charge in [0.05, 0.1) is 5.41 Å². The Balaban J connectivity index is 2.06. The van der Waals surface area contributed by atoms with Gasteiger partial charge < -0.3 is 5.32 Å². The van der Waals surface area contributed by atoms with Crippen LogP contribution in [-0.2, 0) is 11.2 Å². The van der Waals surface area contributed by atoms with Gasteiger partial charge in [-0.2, -0.15) is 0 Å². The summed E-state index contributed by atoms with van der Waals surface area (Å²) < 4.78 is 1.02. The number of amides is 1. The topological polar surface area (TPSA) is 29.1 Å². The normalized spacial score (nSPS) is 21.6. The second kappa shape index (κ2) is 2.60. The van der Waals surface area contributed by atoms with Crippen LogP contribution in [0.25, 0.3) is 0 Å². The minimum Gasteiger partial charge on any atom is -0.325 e. The maximum Gasteiger partial charge on any atom is 0.230 e. The van der Waals surface area contributed by atoms with Crippen molar-refractivity contribution in [1.29, 1.82) is 0 Å². The molecule has 2 nitrogen and oxygen atoms in total. The van der Waals surface area contributed by atoms with Gasteiger partial charge in [0.2, 0.25) is 5.91 Å². The molecule has 1 saturated carbocycles. The van der Waals surface area contributed by atoms with E-state index >= 15 is 0 Å². The highest BCUT2D eigenvalue weighted by Crippen LogP contribution is 2.52. The Morgan fingerprint density at radius 1 is 1.36 bits per heavy atom. The minimum atomic E-state index is -0.0408. The van der Waals surface area contributed by atoms with Crippen molar-refractivity contribution in [3.63, 3.8) is 0 Å². The second-order valence-corrected chi connectivity index (χ2v) is 5.13. The quantitative estimate of drug-likeness (QED) is 0.755. The highest BCUT2D eigenvalue weighted by Gasteiger charge is 2.51. The number of fused-ring (bicyclic) bond motifs is 1. The number of carbonyl (C=O) groups is 1. The molecule has 1 amide bonds. The number of rotatable bonds is 0. The van der Waals surface area contributed by atoms with Gasteiger partial charge in [0.25, 0.3) is 0 Å². The molecule has 1 heterocycles. The van der Waals surface area contributed by atoms with Gasteiger partial charge in [-0.05, 0) is 37.0 Å². The van der Waals surface area contributed by atoms with Gasteiger partial charge in [-0.3, -0.25) is 4.79 Å². The van der Waals surface area contributed by atoms with Crippen molar-refractivity contribution in [2.24, 2.45) is 5.41 Å². The zero-order valence-corrected chi connectivity index (χ0v) is 9.23. The number of carbonyl (C=O) groups excluding carboxylic acids is 1. The number of hydrogen-bond acceptors (Lipinski definition) is 1. The van der Waals surface area contributed by atoms with E-state index in [9.17, 15) is 4.79 Å². The minimum absolute atomic E-state index is 0.0408. The second-order valence-electron chi connectivity index (χ2n) is 4.21. The van der Waals surface area contributed by atoms with E-state index < -0.39 is 0 Å². The lowest BCUT2D eigenvalue weighted by atomic mass is 9.91. The molecule has 1 fully saturated rings. The van der Waals surface area contributed by atoms with Gasteiger partial charge in [0.15, 0.2) is 0 Å². The van der Waals surface area contributed by atoms with Gasteiger partial charge in [-0.1, -0.05) is 22.0 Å². The molecule has 72 valence electrons. The molecule has 0 saturated heterocycles. The highest BCUT2D eigenvalue weighted by molar-refractivity contribution is 9.10. The molecular weight excluding hydrogens is 242 g/mol. The maximum absolute atomic E-state index is 11.7. The summed E-state index contributed by atoms with van der Waals surface area (Å²) in [6, 6.07) is 6.10. The molecule has 3 heteroatoms. The Hall–Kier alpha value is -0.830. The van der Waals surface area contributed by atoms with Crippen LogP contribution in [0.5, 0.6) is 0 Å². The summed E-state index contributed by atoms with van der Waals surface area (Å²) in [7, 11) is 0. The van der Waals surface area contributed by atoms with E-state index in [1.54, 1.807) is 0 Å². The average molecular weight is 252 g/mol. The van der Waals surface area contributed by atoms with Crippen LogP contribution in [-0.4, -0.2) is 5.91 Å². The third-order valence-electron chi connectivity index (χ3n) is 3.18. The smallest absolute Gasteiger partial charge is 0.230 e. The SMILES string of the molecule is O=C1Nc2cc(Br)ccc2CC12CC2. The Bertz CT molecular complexity index is 423. The van der Waals surface area contributed by atoms with Crippen LogP contribution >= 0.6 is 15.9 Å². The molecule has 1 aromatic rings. The maximum atomic E-state index is 11.7. The summed E-state index contributed by atoms with van der Waals surface area (Å²) in [6.45, 7) is 0. The zero-order valence-electron chi connectivity index (χ0n) is 7.64. The van der Waals surface area contributed by atoms with Crippen LogP contribution in [0.4, 0.5) is 5.69 Å². The highest BCUT2D eigenvalue weighted by atomic mass is 79.9. The fraction of sp³-hybridized carbons (Fsp3) is 0.364. The Kier molecular flexibility index (Phi) is 1.57. The van der Waals surface area contributed by atoms with E-state index in [0.29, 0.717) is 0 Å².